The summed E-state index contributed by atoms with van der Waals surface area (Å²) in [6.45, 7) is -0.650. The maximum absolute atomic E-state index is 11.6. The van der Waals surface area contributed by atoms with E-state index in [4.69, 9.17) is 14.6 Å². The molecule has 1 aromatic carbocycles. The maximum atomic E-state index is 11.6. The van der Waals surface area contributed by atoms with E-state index >= 15 is 0 Å². The zero-order valence-corrected chi connectivity index (χ0v) is 9.38. The highest BCUT2D eigenvalue weighted by Gasteiger charge is 2.27. The summed E-state index contributed by atoms with van der Waals surface area (Å²) in [6.07, 6.45) is -0.848. The maximum Gasteiger partial charge on any atom is 0.283 e. The number of fused-ring (bicyclic) bond motifs is 1. The Morgan fingerprint density at radius 1 is 1.28 bits per heavy atom. The lowest BCUT2D eigenvalue weighted by atomic mass is 10.2. The fourth-order valence-corrected chi connectivity index (χ4v) is 1.40. The van der Waals surface area contributed by atoms with E-state index in [-0.39, 0.29) is 6.61 Å². The summed E-state index contributed by atoms with van der Waals surface area (Å²) < 4.78 is 10.8. The Balaban J connectivity index is 1.92. The van der Waals surface area contributed by atoms with Crippen molar-refractivity contribution in [3.8, 4) is 11.5 Å². The minimum Gasteiger partial charge on any atom is -0.485 e. The van der Waals surface area contributed by atoms with Gasteiger partial charge in [0.05, 0.1) is 0 Å². The van der Waals surface area contributed by atoms with Crippen molar-refractivity contribution in [3.05, 3.63) is 24.3 Å². The molecule has 7 heteroatoms. The van der Waals surface area contributed by atoms with Crippen LogP contribution in [0.5, 0.6) is 11.5 Å². The van der Waals surface area contributed by atoms with Gasteiger partial charge in [-0.1, -0.05) is 12.1 Å². The Morgan fingerprint density at radius 2 is 2.00 bits per heavy atom. The number of hydrogen-bond acceptors (Lipinski definition) is 5. The highest BCUT2D eigenvalue weighted by Crippen LogP contribution is 2.30. The number of carbonyl (C=O) groups is 2. The summed E-state index contributed by atoms with van der Waals surface area (Å²) in [5, 5.41) is 8.47. The molecule has 2 rings (SSSR count). The molecule has 96 valence electrons. The van der Waals surface area contributed by atoms with Crippen molar-refractivity contribution in [2.45, 2.75) is 6.10 Å². The quantitative estimate of drug-likeness (QED) is 0.584. The van der Waals surface area contributed by atoms with Gasteiger partial charge in [-0.25, -0.2) is 0 Å². The van der Waals surface area contributed by atoms with Crippen molar-refractivity contribution in [3.63, 3.8) is 0 Å². The van der Waals surface area contributed by atoms with Crippen molar-refractivity contribution in [2.24, 2.45) is 0 Å². The first-order valence-electron chi connectivity index (χ1n) is 5.28. The molecule has 0 saturated carbocycles. The highest BCUT2D eigenvalue weighted by atomic mass is 16.6. The zero-order chi connectivity index (χ0) is 13.0. The Kier molecular flexibility index (Phi) is 3.63. The molecule has 1 atom stereocenters. The number of nitrogens with one attached hydrogen (secondary N) is 2. The summed E-state index contributed by atoms with van der Waals surface area (Å²) >= 11 is 0. The van der Waals surface area contributed by atoms with Gasteiger partial charge in [0.15, 0.2) is 11.5 Å². The molecule has 0 saturated heterocycles. The molecule has 7 nitrogen and oxygen atoms in total. The second kappa shape index (κ2) is 5.37. The SMILES string of the molecule is O=C(CO)NNC(=O)C1COc2ccccc2O1. The van der Waals surface area contributed by atoms with Crippen molar-refractivity contribution < 1.29 is 24.2 Å². The van der Waals surface area contributed by atoms with Gasteiger partial charge in [0.25, 0.3) is 11.8 Å². The molecule has 0 aliphatic carbocycles. The van der Waals surface area contributed by atoms with E-state index in [9.17, 15) is 9.59 Å². The zero-order valence-electron chi connectivity index (χ0n) is 9.38. The summed E-state index contributed by atoms with van der Waals surface area (Å²) in [5.41, 5.74) is 4.16. The summed E-state index contributed by atoms with van der Waals surface area (Å²) in [7, 11) is 0. The van der Waals surface area contributed by atoms with Gasteiger partial charge in [0.1, 0.15) is 13.2 Å². The molecule has 0 radical (unpaired) electrons. The lowest BCUT2D eigenvalue weighted by molar-refractivity contribution is -0.135. The van der Waals surface area contributed by atoms with Crippen LogP contribution in [0.25, 0.3) is 0 Å². The Morgan fingerprint density at radius 3 is 2.72 bits per heavy atom. The van der Waals surface area contributed by atoms with Crippen LogP contribution in [0.1, 0.15) is 0 Å². The number of carbonyl (C=O) groups excluding carboxylic acids is 2. The average molecular weight is 252 g/mol. The molecule has 0 spiro atoms. The predicted molar refractivity (Wildman–Crippen MR) is 59.7 cm³/mol. The van der Waals surface area contributed by atoms with Gasteiger partial charge in [0, 0.05) is 0 Å². The van der Waals surface area contributed by atoms with Crippen LogP contribution >= 0.6 is 0 Å². The highest BCUT2D eigenvalue weighted by molar-refractivity contribution is 5.85. The number of para-hydroxylation sites is 2. The van der Waals surface area contributed by atoms with Crippen LogP contribution in [0.2, 0.25) is 0 Å². The van der Waals surface area contributed by atoms with Gasteiger partial charge in [-0.3, -0.25) is 20.4 Å². The Bertz CT molecular complexity index is 463. The van der Waals surface area contributed by atoms with E-state index < -0.39 is 24.5 Å². The number of hydrazine groups is 1. The van der Waals surface area contributed by atoms with Gasteiger partial charge in [-0.15, -0.1) is 0 Å². The summed E-state index contributed by atoms with van der Waals surface area (Å²) in [5.74, 6) is -0.217. The minimum atomic E-state index is -0.848. The number of ether oxygens (including phenoxy) is 2. The number of aliphatic hydroxyl groups excluding tert-OH is 1. The molecule has 1 aromatic rings. The van der Waals surface area contributed by atoms with Gasteiger partial charge < -0.3 is 14.6 Å². The van der Waals surface area contributed by atoms with Crippen LogP contribution in [0.4, 0.5) is 0 Å². The second-order valence-corrected chi connectivity index (χ2v) is 3.56. The molecule has 3 N–H and O–H groups in total. The van der Waals surface area contributed by atoms with Crippen molar-refractivity contribution in [1.82, 2.24) is 10.9 Å². The standard InChI is InChI=1S/C11H12N2O5/c14-5-10(15)12-13-11(16)9-6-17-7-3-1-2-4-8(7)18-9/h1-4,9,14H,5-6H2,(H,12,15)(H,13,16). The van der Waals surface area contributed by atoms with E-state index in [2.05, 4.69) is 5.43 Å². The molecule has 1 unspecified atom stereocenters. The fraction of sp³-hybridized carbons (Fsp3) is 0.273. The number of rotatable bonds is 2. The van der Waals surface area contributed by atoms with E-state index in [1.54, 1.807) is 24.3 Å². The van der Waals surface area contributed by atoms with Gasteiger partial charge in [-0.05, 0) is 12.1 Å². The second-order valence-electron chi connectivity index (χ2n) is 3.56. The van der Waals surface area contributed by atoms with Crippen LogP contribution in [-0.4, -0.2) is 36.2 Å². The normalized spacial score (nSPS) is 16.8. The van der Waals surface area contributed by atoms with Crippen LogP contribution in [-0.2, 0) is 9.59 Å². The molecular formula is C11H12N2O5. The lowest BCUT2D eigenvalue weighted by Gasteiger charge is -2.25. The van der Waals surface area contributed by atoms with Crippen LogP contribution < -0.4 is 20.3 Å². The minimum absolute atomic E-state index is 0.0534. The van der Waals surface area contributed by atoms with Crippen molar-refractivity contribution >= 4 is 11.8 Å². The molecule has 1 heterocycles. The number of aliphatic hydroxyl groups is 1. The first kappa shape index (κ1) is 12.2. The number of benzene rings is 1. The van der Waals surface area contributed by atoms with Crippen LogP contribution in [0.15, 0.2) is 24.3 Å². The molecule has 0 aromatic heterocycles. The molecule has 2 amide bonds. The monoisotopic (exact) mass is 252 g/mol. The molecule has 1 aliphatic heterocycles. The summed E-state index contributed by atoms with van der Waals surface area (Å²) in [6, 6.07) is 6.97. The third-order valence-corrected chi connectivity index (χ3v) is 2.27. The molecule has 0 fully saturated rings. The molecule has 1 aliphatic rings. The first-order valence-corrected chi connectivity index (χ1v) is 5.28. The third-order valence-electron chi connectivity index (χ3n) is 2.27. The van der Waals surface area contributed by atoms with Crippen molar-refractivity contribution in [1.29, 1.82) is 0 Å². The number of hydrogen-bond donors (Lipinski definition) is 3. The largest absolute Gasteiger partial charge is 0.485 e. The van der Waals surface area contributed by atoms with Gasteiger partial charge in [0.2, 0.25) is 6.10 Å². The van der Waals surface area contributed by atoms with Crippen LogP contribution in [0.3, 0.4) is 0 Å². The van der Waals surface area contributed by atoms with Gasteiger partial charge in [-0.2, -0.15) is 0 Å². The van der Waals surface area contributed by atoms with Crippen molar-refractivity contribution in [2.75, 3.05) is 13.2 Å². The molecule has 18 heavy (non-hydrogen) atoms. The van der Waals surface area contributed by atoms with Gasteiger partial charge >= 0.3 is 0 Å². The predicted octanol–water partition coefficient (Wildman–Crippen LogP) is -1.03. The lowest BCUT2D eigenvalue weighted by Crippen LogP contribution is -2.51. The van der Waals surface area contributed by atoms with E-state index in [1.165, 1.54) is 0 Å². The van der Waals surface area contributed by atoms with E-state index in [0.29, 0.717) is 11.5 Å². The number of amides is 2. The van der Waals surface area contributed by atoms with E-state index in [0.717, 1.165) is 0 Å². The first-order chi connectivity index (χ1) is 8.70. The fourth-order valence-electron chi connectivity index (χ4n) is 1.40. The summed E-state index contributed by atoms with van der Waals surface area (Å²) in [4.78, 5) is 22.4. The molecule has 0 bridgehead atoms. The Hall–Kier alpha value is -2.28. The molecular weight excluding hydrogens is 240 g/mol. The average Bonchev–Trinajstić information content (AvgIpc) is 2.43. The topological polar surface area (TPSA) is 96.9 Å². The smallest absolute Gasteiger partial charge is 0.283 e. The van der Waals surface area contributed by atoms with Crippen LogP contribution in [0, 0.1) is 0 Å². The Labute approximate surface area is 103 Å². The van der Waals surface area contributed by atoms with E-state index in [1.807, 2.05) is 5.43 Å². The third kappa shape index (κ3) is 2.69.